The van der Waals surface area contributed by atoms with Crippen LogP contribution in [0.5, 0.6) is 0 Å². The SMILES string of the molecule is Cc1cc(=O)n2nc(N3CCC[C@H](C(=O)NCc4cccc(F)c4)C3)sc2n1. The second-order valence-corrected chi connectivity index (χ2v) is 7.88. The number of nitrogens with one attached hydrogen (secondary N) is 1. The van der Waals surface area contributed by atoms with Crippen molar-refractivity contribution in [3.63, 3.8) is 0 Å². The minimum absolute atomic E-state index is 0.0544. The molecule has 9 heteroatoms. The van der Waals surface area contributed by atoms with Gasteiger partial charge >= 0.3 is 0 Å². The van der Waals surface area contributed by atoms with Gasteiger partial charge in [-0.3, -0.25) is 9.59 Å². The molecule has 28 heavy (non-hydrogen) atoms. The van der Waals surface area contributed by atoms with Crippen LogP contribution >= 0.6 is 11.3 Å². The van der Waals surface area contributed by atoms with Crippen molar-refractivity contribution >= 4 is 27.3 Å². The van der Waals surface area contributed by atoms with E-state index in [4.69, 9.17) is 0 Å². The molecule has 0 spiro atoms. The van der Waals surface area contributed by atoms with E-state index in [1.54, 1.807) is 19.1 Å². The fraction of sp³-hybridized carbons (Fsp3) is 0.368. The monoisotopic (exact) mass is 401 g/mol. The Kier molecular flexibility index (Phi) is 5.08. The molecular formula is C19H20FN5O2S. The van der Waals surface area contributed by atoms with Gasteiger partial charge in [0.1, 0.15) is 5.82 Å². The van der Waals surface area contributed by atoms with Crippen molar-refractivity contribution in [3.8, 4) is 0 Å². The van der Waals surface area contributed by atoms with Crippen LogP contribution in [0.2, 0.25) is 0 Å². The summed E-state index contributed by atoms with van der Waals surface area (Å²) in [5.41, 5.74) is 1.19. The Bertz CT molecular complexity index is 1080. The highest BCUT2D eigenvalue weighted by Gasteiger charge is 2.27. The fourth-order valence-electron chi connectivity index (χ4n) is 3.38. The Labute approximate surface area is 164 Å². The van der Waals surface area contributed by atoms with Crippen LogP contribution in [0.25, 0.3) is 4.96 Å². The smallest absolute Gasteiger partial charge is 0.275 e. The van der Waals surface area contributed by atoms with Crippen molar-refractivity contribution < 1.29 is 9.18 Å². The van der Waals surface area contributed by atoms with Crippen LogP contribution in [0.15, 0.2) is 35.1 Å². The second-order valence-electron chi connectivity index (χ2n) is 6.95. The molecule has 0 bridgehead atoms. The molecule has 0 radical (unpaired) electrons. The second kappa shape index (κ2) is 7.67. The molecule has 1 aliphatic rings. The molecule has 1 N–H and O–H groups in total. The van der Waals surface area contributed by atoms with Crippen molar-refractivity contribution in [3.05, 3.63) is 57.8 Å². The van der Waals surface area contributed by atoms with Crippen LogP contribution in [-0.2, 0) is 11.3 Å². The Morgan fingerprint density at radius 2 is 2.25 bits per heavy atom. The fourth-order valence-corrected chi connectivity index (χ4v) is 4.37. The number of carbonyl (C=O) groups excluding carboxylic acids is 1. The Morgan fingerprint density at radius 1 is 1.39 bits per heavy atom. The van der Waals surface area contributed by atoms with Crippen molar-refractivity contribution in [2.45, 2.75) is 26.3 Å². The maximum Gasteiger partial charge on any atom is 0.275 e. The van der Waals surface area contributed by atoms with E-state index in [1.165, 1.54) is 34.1 Å². The molecule has 1 amide bonds. The molecule has 1 saturated heterocycles. The van der Waals surface area contributed by atoms with Crippen LogP contribution in [0.1, 0.15) is 24.1 Å². The first-order valence-electron chi connectivity index (χ1n) is 9.14. The van der Waals surface area contributed by atoms with E-state index >= 15 is 0 Å². The van der Waals surface area contributed by atoms with Gasteiger partial charge in [-0.25, -0.2) is 9.37 Å². The van der Waals surface area contributed by atoms with Gasteiger partial charge < -0.3 is 10.2 Å². The summed E-state index contributed by atoms with van der Waals surface area (Å²) in [6.45, 7) is 3.39. The summed E-state index contributed by atoms with van der Waals surface area (Å²) in [5.74, 6) is -0.549. The molecule has 1 aromatic carbocycles. The number of rotatable bonds is 4. The number of piperidine rings is 1. The highest BCUT2D eigenvalue weighted by atomic mass is 32.1. The molecule has 1 atom stereocenters. The number of aromatic nitrogens is 3. The van der Waals surface area contributed by atoms with Gasteiger partial charge in [0, 0.05) is 31.4 Å². The van der Waals surface area contributed by atoms with Crippen LogP contribution in [0.4, 0.5) is 9.52 Å². The largest absolute Gasteiger partial charge is 0.352 e. The average molecular weight is 401 g/mol. The summed E-state index contributed by atoms with van der Waals surface area (Å²) in [4.78, 5) is 31.6. The van der Waals surface area contributed by atoms with Gasteiger partial charge in [0.2, 0.25) is 16.0 Å². The summed E-state index contributed by atoms with van der Waals surface area (Å²) in [7, 11) is 0. The maximum absolute atomic E-state index is 13.3. The molecule has 0 unspecified atom stereocenters. The quantitative estimate of drug-likeness (QED) is 0.725. The Hall–Kier alpha value is -2.81. The molecule has 4 rings (SSSR count). The standard InChI is InChI=1S/C19H20FN5O2S/c1-12-8-16(26)25-18(22-12)28-19(23-25)24-7-3-5-14(11-24)17(27)21-10-13-4-2-6-15(20)9-13/h2,4,6,8-9,14H,3,5,7,10-11H2,1H3,(H,21,27)/t14-/m0/s1. The molecular weight excluding hydrogens is 381 g/mol. The molecule has 7 nitrogen and oxygen atoms in total. The van der Waals surface area contributed by atoms with Gasteiger partial charge in [-0.1, -0.05) is 23.5 Å². The third kappa shape index (κ3) is 3.89. The lowest BCUT2D eigenvalue weighted by atomic mass is 9.97. The normalized spacial score (nSPS) is 17.1. The molecule has 0 saturated carbocycles. The van der Waals surface area contributed by atoms with Crippen LogP contribution in [0.3, 0.4) is 0 Å². The first-order chi connectivity index (χ1) is 13.5. The third-order valence-corrected chi connectivity index (χ3v) is 5.75. The summed E-state index contributed by atoms with van der Waals surface area (Å²) < 4.78 is 14.6. The minimum atomic E-state index is -0.314. The van der Waals surface area contributed by atoms with E-state index < -0.39 is 0 Å². The van der Waals surface area contributed by atoms with Gasteiger partial charge in [0.15, 0.2) is 0 Å². The summed E-state index contributed by atoms with van der Waals surface area (Å²) in [6.07, 6.45) is 1.64. The summed E-state index contributed by atoms with van der Waals surface area (Å²) in [5, 5.41) is 7.97. The molecule has 1 aliphatic heterocycles. The van der Waals surface area contributed by atoms with Crippen LogP contribution < -0.4 is 15.8 Å². The zero-order chi connectivity index (χ0) is 19.7. The first kappa shape index (κ1) is 18.5. The number of fused-ring (bicyclic) bond motifs is 1. The number of anilines is 1. The van der Waals surface area contributed by atoms with Crippen LogP contribution in [-0.4, -0.2) is 33.6 Å². The van der Waals surface area contributed by atoms with Crippen molar-refractivity contribution in [1.82, 2.24) is 19.9 Å². The van der Waals surface area contributed by atoms with Crippen LogP contribution in [0, 0.1) is 18.7 Å². The number of hydrogen-bond donors (Lipinski definition) is 1. The van der Waals surface area contributed by atoms with Gasteiger partial charge in [-0.05, 0) is 37.5 Å². The van der Waals surface area contributed by atoms with E-state index in [1.807, 2.05) is 4.90 Å². The van der Waals surface area contributed by atoms with Crippen molar-refractivity contribution in [1.29, 1.82) is 0 Å². The third-order valence-electron chi connectivity index (χ3n) is 4.78. The topological polar surface area (TPSA) is 79.6 Å². The van der Waals surface area contributed by atoms with E-state index in [-0.39, 0.29) is 23.2 Å². The van der Waals surface area contributed by atoms with Crippen molar-refractivity contribution in [2.75, 3.05) is 18.0 Å². The van der Waals surface area contributed by atoms with Gasteiger partial charge in [-0.15, -0.1) is 5.10 Å². The number of carbonyl (C=O) groups is 1. The predicted octanol–water partition coefficient (Wildman–Crippen LogP) is 2.13. The lowest BCUT2D eigenvalue weighted by Gasteiger charge is -2.31. The molecule has 0 aliphatic carbocycles. The summed E-state index contributed by atoms with van der Waals surface area (Å²) >= 11 is 1.35. The van der Waals surface area contributed by atoms with E-state index in [9.17, 15) is 14.0 Å². The molecule has 146 valence electrons. The molecule has 3 aromatic rings. The molecule has 2 aromatic heterocycles. The highest BCUT2D eigenvalue weighted by Crippen LogP contribution is 2.27. The van der Waals surface area contributed by atoms with Gasteiger partial charge in [0.25, 0.3) is 5.56 Å². The minimum Gasteiger partial charge on any atom is -0.352 e. The van der Waals surface area contributed by atoms with Gasteiger partial charge in [-0.2, -0.15) is 4.52 Å². The number of benzene rings is 1. The highest BCUT2D eigenvalue weighted by molar-refractivity contribution is 7.20. The molecule has 1 fully saturated rings. The molecule has 3 heterocycles. The van der Waals surface area contributed by atoms with Gasteiger partial charge in [0.05, 0.1) is 5.92 Å². The Morgan fingerprint density at radius 3 is 3.07 bits per heavy atom. The Balaban J connectivity index is 1.44. The van der Waals surface area contributed by atoms with Crippen molar-refractivity contribution in [2.24, 2.45) is 5.92 Å². The number of nitrogens with zero attached hydrogens (tertiary/aromatic N) is 4. The number of halogens is 1. The predicted molar refractivity (Wildman–Crippen MR) is 105 cm³/mol. The maximum atomic E-state index is 13.3. The number of amides is 1. The first-order valence-corrected chi connectivity index (χ1v) is 9.96. The van der Waals surface area contributed by atoms with E-state index in [2.05, 4.69) is 15.4 Å². The van der Waals surface area contributed by atoms with E-state index in [0.29, 0.717) is 28.9 Å². The lowest BCUT2D eigenvalue weighted by molar-refractivity contribution is -0.125. The van der Waals surface area contributed by atoms with E-state index in [0.717, 1.165) is 24.9 Å². The average Bonchev–Trinajstić information content (AvgIpc) is 3.11. The number of aryl methyl sites for hydroxylation is 1. The zero-order valence-corrected chi connectivity index (χ0v) is 16.2. The summed E-state index contributed by atoms with van der Waals surface area (Å²) in [6, 6.07) is 7.66. The lowest BCUT2D eigenvalue weighted by Crippen LogP contribution is -2.43. The number of hydrogen-bond acceptors (Lipinski definition) is 6. The zero-order valence-electron chi connectivity index (χ0n) is 15.4.